The van der Waals surface area contributed by atoms with Crippen molar-refractivity contribution in [2.24, 2.45) is 5.41 Å². The lowest BCUT2D eigenvalue weighted by atomic mass is 9.93. The number of nitrogens with two attached hydrogens (primary N) is 1. The van der Waals surface area contributed by atoms with Gasteiger partial charge in [-0.25, -0.2) is 8.78 Å². The molecule has 3 saturated heterocycles. The van der Waals surface area contributed by atoms with Crippen molar-refractivity contribution in [3.05, 3.63) is 34.5 Å². The van der Waals surface area contributed by atoms with E-state index in [1.165, 1.54) is 0 Å². The van der Waals surface area contributed by atoms with Gasteiger partial charge in [-0.15, -0.1) is 11.3 Å². The number of piperazine rings is 1. The fourth-order valence-electron chi connectivity index (χ4n) is 8.20. The molecular weight excluding hydrogens is 679 g/mol. The number of pyridine rings is 1. The molecule has 2 unspecified atom stereocenters. The minimum Gasteiger partial charge on any atom is -0.463 e. The third-order valence-corrected chi connectivity index (χ3v) is 11.6. The van der Waals surface area contributed by atoms with Crippen LogP contribution in [0.25, 0.3) is 32.2 Å². The minimum atomic E-state index is -2.62. The van der Waals surface area contributed by atoms with Crippen LogP contribution in [0.15, 0.2) is 6.20 Å². The standard InChI is InChI=1S/C36H40F2N8O4S/c1-19(47)12-45-13-20-2-3-21(14-45)46(20)34-28-24-16-49-15-23(24)26(30-27-22(10-39)33(40)51-32(27)25(37)11-41-30)29(38)31(28)42-35(43-34)50-18-36(4-5-36)17-44-6-8-48-9-7-44/h11,19-21,47H,2-9,12-18,40H2,1H3/t19-,20?,21?/m1/s1/i17D2,18D2. The molecule has 51 heavy (non-hydrogen) atoms. The Labute approximate surface area is 303 Å². The number of rotatable bonds is 9. The van der Waals surface area contributed by atoms with E-state index in [9.17, 15) is 13.1 Å². The zero-order chi connectivity index (χ0) is 38.6. The molecule has 7 heterocycles. The van der Waals surface area contributed by atoms with E-state index in [1.807, 2.05) is 6.07 Å². The summed E-state index contributed by atoms with van der Waals surface area (Å²) >= 11 is 0.875. The summed E-state index contributed by atoms with van der Waals surface area (Å²) in [5, 5.41) is 20.7. The number of nitrogens with zero attached hydrogens (tertiary/aromatic N) is 7. The number of nitriles is 1. The van der Waals surface area contributed by atoms with Crippen LogP contribution in [0.2, 0.25) is 0 Å². The number of thiophene rings is 1. The Morgan fingerprint density at radius 1 is 1.14 bits per heavy atom. The number of aliphatic hydroxyl groups is 1. The third kappa shape index (κ3) is 5.67. The van der Waals surface area contributed by atoms with Crippen LogP contribution < -0.4 is 15.4 Å². The number of halogens is 2. The summed E-state index contributed by atoms with van der Waals surface area (Å²) in [5.74, 6) is -1.21. The lowest BCUT2D eigenvalue weighted by molar-refractivity contribution is 0.0231. The van der Waals surface area contributed by atoms with Crippen LogP contribution in [-0.2, 0) is 22.7 Å². The van der Waals surface area contributed by atoms with E-state index in [2.05, 4.69) is 19.8 Å². The molecule has 1 saturated carbocycles. The molecule has 2 bridgehead atoms. The fourth-order valence-corrected chi connectivity index (χ4v) is 9.12. The molecule has 5 aliphatic rings. The first kappa shape index (κ1) is 28.8. The number of fused-ring (bicyclic) bond motifs is 6. The van der Waals surface area contributed by atoms with Gasteiger partial charge >= 0.3 is 6.01 Å². The first-order chi connectivity index (χ1) is 26.3. The van der Waals surface area contributed by atoms with Crippen molar-refractivity contribution in [1.29, 1.82) is 5.26 Å². The molecule has 0 spiro atoms. The number of benzene rings is 1. The second-order valence-corrected chi connectivity index (χ2v) is 15.2. The molecule has 268 valence electrons. The lowest BCUT2D eigenvalue weighted by Crippen LogP contribution is -2.55. The second-order valence-electron chi connectivity index (χ2n) is 14.2. The number of hydrogen-bond acceptors (Lipinski definition) is 13. The Kier molecular flexibility index (Phi) is 7.17. The zero-order valence-electron chi connectivity index (χ0n) is 32.0. The van der Waals surface area contributed by atoms with Crippen molar-refractivity contribution in [1.82, 2.24) is 24.8 Å². The van der Waals surface area contributed by atoms with Crippen LogP contribution >= 0.6 is 11.3 Å². The number of aliphatic hydroxyl groups excluding tert-OH is 1. The van der Waals surface area contributed by atoms with E-state index in [0.29, 0.717) is 68.3 Å². The van der Waals surface area contributed by atoms with Crippen LogP contribution in [0, 0.1) is 28.4 Å². The first-order valence-electron chi connectivity index (χ1n) is 19.4. The average molecular weight is 723 g/mol. The first-order valence-corrected chi connectivity index (χ1v) is 18.2. The van der Waals surface area contributed by atoms with Crippen LogP contribution in [0.1, 0.15) is 54.8 Å². The highest BCUT2D eigenvalue weighted by Crippen LogP contribution is 2.49. The maximum atomic E-state index is 17.7. The van der Waals surface area contributed by atoms with E-state index in [4.69, 9.17) is 27.7 Å². The zero-order valence-corrected chi connectivity index (χ0v) is 28.9. The van der Waals surface area contributed by atoms with Crippen molar-refractivity contribution in [3.8, 4) is 23.3 Å². The number of ether oxygens (including phenoxy) is 3. The van der Waals surface area contributed by atoms with Crippen molar-refractivity contribution in [3.63, 3.8) is 0 Å². The van der Waals surface area contributed by atoms with Gasteiger partial charge in [0.05, 0.1) is 69.4 Å². The van der Waals surface area contributed by atoms with Gasteiger partial charge in [0.2, 0.25) is 0 Å². The molecule has 12 nitrogen and oxygen atoms in total. The molecule has 0 radical (unpaired) electrons. The summed E-state index contributed by atoms with van der Waals surface area (Å²) in [5.41, 5.74) is 5.36. The molecule has 4 aliphatic heterocycles. The van der Waals surface area contributed by atoms with Gasteiger partial charge in [-0.3, -0.25) is 14.8 Å². The summed E-state index contributed by atoms with van der Waals surface area (Å²) in [6.45, 7) is 0.0301. The fraction of sp³-hybridized carbons (Fsp3) is 0.556. The molecule has 9 rings (SSSR count). The SMILES string of the molecule is [2H]C([2H])(Oc1nc(N2C3CCC2CN(C[C@@H](C)O)C3)c2c3c(c(-c4ncc(F)c5sc(N)c(C#N)c45)c(F)c2n1)COC3)C1(C([2H])([2H])N2CCOCC2)CC1. The average Bonchev–Trinajstić information content (AvgIpc) is 3.64. The molecule has 1 aliphatic carbocycles. The highest BCUT2D eigenvalue weighted by atomic mass is 32.1. The van der Waals surface area contributed by atoms with Crippen LogP contribution in [0.5, 0.6) is 6.01 Å². The van der Waals surface area contributed by atoms with E-state index in [1.54, 1.807) is 11.8 Å². The highest BCUT2D eigenvalue weighted by Gasteiger charge is 2.46. The minimum absolute atomic E-state index is 0.00228. The smallest absolute Gasteiger partial charge is 0.319 e. The number of β-amino-alcohol motifs (C(OH)–C–C–N with tert-alkyl or cyclic N) is 1. The van der Waals surface area contributed by atoms with Gasteiger partial charge in [-0.1, -0.05) is 0 Å². The van der Waals surface area contributed by atoms with Crippen molar-refractivity contribution in [2.75, 3.05) is 69.6 Å². The molecule has 0 amide bonds. The van der Waals surface area contributed by atoms with E-state index in [0.717, 1.165) is 30.4 Å². The van der Waals surface area contributed by atoms with Crippen molar-refractivity contribution in [2.45, 2.75) is 64.0 Å². The number of likely N-dealkylation sites (tertiary alicyclic amines) is 1. The predicted octanol–water partition coefficient (Wildman–Crippen LogP) is 4.19. The molecule has 4 aromatic rings. The highest BCUT2D eigenvalue weighted by molar-refractivity contribution is 7.23. The Balaban J connectivity index is 1.24. The van der Waals surface area contributed by atoms with Gasteiger partial charge in [0, 0.05) is 70.4 Å². The summed E-state index contributed by atoms with van der Waals surface area (Å²) in [4.78, 5) is 19.7. The number of morpholine rings is 1. The number of nitrogen functional groups attached to an aromatic ring is 1. The maximum Gasteiger partial charge on any atom is 0.319 e. The van der Waals surface area contributed by atoms with Crippen LogP contribution in [0.4, 0.5) is 19.6 Å². The number of aromatic nitrogens is 3. The number of anilines is 2. The van der Waals surface area contributed by atoms with Crippen molar-refractivity contribution >= 4 is 43.1 Å². The third-order valence-electron chi connectivity index (χ3n) is 10.6. The summed E-state index contributed by atoms with van der Waals surface area (Å²) in [6.07, 6.45) is 2.47. The van der Waals surface area contributed by atoms with Crippen LogP contribution in [-0.4, -0.2) is 107 Å². The predicted molar refractivity (Wildman–Crippen MR) is 188 cm³/mol. The monoisotopic (exact) mass is 722 g/mol. The summed E-state index contributed by atoms with van der Waals surface area (Å²) in [6, 6.07) is 1.42. The lowest BCUT2D eigenvalue weighted by Gasteiger charge is -2.42. The molecule has 3 atom stereocenters. The molecular formula is C36H40F2N8O4S. The second kappa shape index (κ2) is 12.7. The van der Waals surface area contributed by atoms with Gasteiger partial charge in [0.1, 0.15) is 22.4 Å². The number of hydrogen-bond donors (Lipinski definition) is 2. The normalized spacial score (nSPS) is 25.3. The molecule has 1 aromatic carbocycles. The Morgan fingerprint density at radius 2 is 1.88 bits per heavy atom. The van der Waals surface area contributed by atoms with Crippen molar-refractivity contribution < 1.29 is 33.6 Å². The summed E-state index contributed by atoms with van der Waals surface area (Å²) < 4.78 is 87.1. The largest absolute Gasteiger partial charge is 0.463 e. The summed E-state index contributed by atoms with van der Waals surface area (Å²) in [7, 11) is 0. The quantitative estimate of drug-likeness (QED) is 0.256. The Bertz CT molecular complexity index is 2250. The molecule has 3 N–H and O–H groups in total. The molecule has 4 fully saturated rings. The molecule has 15 heteroatoms. The molecule has 3 aromatic heterocycles. The van der Waals surface area contributed by atoms with E-state index < -0.39 is 42.2 Å². The van der Waals surface area contributed by atoms with Gasteiger partial charge in [-0.2, -0.15) is 15.2 Å². The Morgan fingerprint density at radius 3 is 2.59 bits per heavy atom. The van der Waals surface area contributed by atoms with Crippen LogP contribution in [0.3, 0.4) is 0 Å². The Hall–Kier alpha value is -3.78. The van der Waals surface area contributed by atoms with Gasteiger partial charge < -0.3 is 30.0 Å². The maximum absolute atomic E-state index is 17.7. The van der Waals surface area contributed by atoms with E-state index in [-0.39, 0.29) is 75.6 Å². The van der Waals surface area contributed by atoms with Gasteiger partial charge in [0.25, 0.3) is 0 Å². The van der Waals surface area contributed by atoms with E-state index >= 15 is 8.78 Å². The van der Waals surface area contributed by atoms with Gasteiger partial charge in [0.15, 0.2) is 11.6 Å². The van der Waals surface area contributed by atoms with Gasteiger partial charge in [-0.05, 0) is 43.7 Å². The topological polar surface area (TPSA) is 146 Å².